The molecule has 0 atom stereocenters. The zero-order valence-electron chi connectivity index (χ0n) is 18.0. The van der Waals surface area contributed by atoms with Crippen LogP contribution in [0.2, 0.25) is 0 Å². The highest BCUT2D eigenvalue weighted by Gasteiger charge is 2.23. The number of benzene rings is 2. The largest absolute Gasteiger partial charge is 0.490 e. The van der Waals surface area contributed by atoms with E-state index in [-0.39, 0.29) is 12.0 Å². The molecule has 2 aromatic carbocycles. The molecule has 1 saturated heterocycles. The lowest BCUT2D eigenvalue weighted by molar-refractivity contribution is -0.132. The lowest BCUT2D eigenvalue weighted by Crippen LogP contribution is -2.41. The third kappa shape index (κ3) is 4.11. The summed E-state index contributed by atoms with van der Waals surface area (Å²) in [4.78, 5) is 20.5. The van der Waals surface area contributed by atoms with Gasteiger partial charge in [0.05, 0.1) is 11.2 Å². The average molecular weight is 404 g/mol. The first-order valence-corrected chi connectivity index (χ1v) is 10.7. The molecule has 4 rings (SSSR count). The number of hydrogen-bond acceptors (Lipinski definition) is 4. The molecule has 0 N–H and O–H groups in total. The number of piperidine rings is 1. The fraction of sp³-hybridized carbons (Fsp3) is 0.360. The van der Waals surface area contributed by atoms with Crippen LogP contribution in [0, 0.1) is 0 Å². The van der Waals surface area contributed by atoms with Crippen molar-refractivity contribution in [2.45, 2.75) is 32.3 Å². The number of anilines is 1. The molecule has 0 spiro atoms. The summed E-state index contributed by atoms with van der Waals surface area (Å²) < 4.78 is 6.20. The molecule has 0 unspecified atom stereocenters. The van der Waals surface area contributed by atoms with Crippen LogP contribution in [0.4, 0.5) is 5.69 Å². The van der Waals surface area contributed by atoms with Gasteiger partial charge >= 0.3 is 0 Å². The summed E-state index contributed by atoms with van der Waals surface area (Å²) in [7, 11) is 4.11. The topological polar surface area (TPSA) is 45.7 Å². The summed E-state index contributed by atoms with van der Waals surface area (Å²) in [5.41, 5.74) is 4.43. The van der Waals surface area contributed by atoms with Crippen molar-refractivity contribution in [3.63, 3.8) is 0 Å². The molecule has 0 aliphatic carbocycles. The summed E-state index contributed by atoms with van der Waals surface area (Å²) in [6.45, 7) is 3.48. The van der Waals surface area contributed by atoms with Crippen LogP contribution in [-0.2, 0) is 4.79 Å². The number of carbonyl (C=O) groups is 1. The second-order valence-corrected chi connectivity index (χ2v) is 8.01. The fourth-order valence-electron chi connectivity index (χ4n) is 4.17. The van der Waals surface area contributed by atoms with Gasteiger partial charge < -0.3 is 14.5 Å². The van der Waals surface area contributed by atoms with Gasteiger partial charge in [-0.25, -0.2) is 0 Å². The quantitative estimate of drug-likeness (QED) is 0.617. The molecule has 0 bridgehead atoms. The molecule has 1 fully saturated rings. The highest BCUT2D eigenvalue weighted by molar-refractivity contribution is 5.99. The second-order valence-electron chi connectivity index (χ2n) is 8.01. The van der Waals surface area contributed by atoms with E-state index < -0.39 is 0 Å². The first-order valence-electron chi connectivity index (χ1n) is 10.7. The summed E-state index contributed by atoms with van der Waals surface area (Å²) in [5, 5.41) is 1.14. The third-order valence-corrected chi connectivity index (χ3v) is 5.76. The second kappa shape index (κ2) is 8.74. The lowest BCUT2D eigenvalue weighted by atomic mass is 10.00. The normalized spacial score (nSPS) is 14.7. The van der Waals surface area contributed by atoms with E-state index in [0.717, 1.165) is 59.4 Å². The van der Waals surface area contributed by atoms with Crippen LogP contribution in [0.15, 0.2) is 54.7 Å². The first kappa shape index (κ1) is 20.2. The van der Waals surface area contributed by atoms with Gasteiger partial charge in [-0.15, -0.1) is 0 Å². The fourth-order valence-corrected chi connectivity index (χ4v) is 4.17. The molecule has 0 saturated carbocycles. The van der Waals surface area contributed by atoms with E-state index in [2.05, 4.69) is 54.3 Å². The Balaban J connectivity index is 1.51. The maximum Gasteiger partial charge on any atom is 0.222 e. The molecule has 1 amide bonds. The van der Waals surface area contributed by atoms with Crippen molar-refractivity contribution in [3.05, 3.63) is 54.7 Å². The molecular weight excluding hydrogens is 374 g/mol. The smallest absolute Gasteiger partial charge is 0.222 e. The van der Waals surface area contributed by atoms with Crippen molar-refractivity contribution in [1.82, 2.24) is 9.88 Å². The van der Waals surface area contributed by atoms with E-state index in [9.17, 15) is 4.79 Å². The maximum absolute atomic E-state index is 11.8. The zero-order chi connectivity index (χ0) is 21.1. The Bertz CT molecular complexity index is 1020. The van der Waals surface area contributed by atoms with E-state index >= 15 is 0 Å². The number of pyridine rings is 1. The summed E-state index contributed by atoms with van der Waals surface area (Å²) in [6.07, 6.45) is 4.35. The predicted octanol–water partition coefficient (Wildman–Crippen LogP) is 4.75. The van der Waals surface area contributed by atoms with Crippen molar-refractivity contribution < 1.29 is 9.53 Å². The number of aromatic nitrogens is 1. The number of ether oxygens (including phenoxy) is 1. The molecule has 156 valence electrons. The maximum atomic E-state index is 11.8. The minimum atomic E-state index is 0.166. The highest BCUT2D eigenvalue weighted by atomic mass is 16.5. The van der Waals surface area contributed by atoms with E-state index in [1.165, 1.54) is 0 Å². The average Bonchev–Trinajstić information content (AvgIpc) is 2.78. The van der Waals surface area contributed by atoms with Gasteiger partial charge in [0.1, 0.15) is 11.9 Å². The number of amides is 1. The molecule has 3 aromatic rings. The van der Waals surface area contributed by atoms with Gasteiger partial charge in [0.2, 0.25) is 5.91 Å². The van der Waals surface area contributed by atoms with Gasteiger partial charge in [-0.3, -0.25) is 9.78 Å². The molecule has 1 aliphatic rings. The minimum absolute atomic E-state index is 0.166. The lowest BCUT2D eigenvalue weighted by Gasteiger charge is -2.32. The van der Waals surface area contributed by atoms with Crippen LogP contribution in [0.3, 0.4) is 0 Å². The van der Waals surface area contributed by atoms with Gasteiger partial charge in [-0.2, -0.15) is 0 Å². The SMILES string of the molecule is CCC(=O)N1CCC(Oc2ccc(-c3ccc4cccnc4c3N(C)C)cc2)CC1. The van der Waals surface area contributed by atoms with Crippen LogP contribution in [-0.4, -0.2) is 49.1 Å². The number of nitrogens with zero attached hydrogens (tertiary/aromatic N) is 3. The van der Waals surface area contributed by atoms with Crippen LogP contribution >= 0.6 is 0 Å². The van der Waals surface area contributed by atoms with E-state index in [1.54, 1.807) is 0 Å². The van der Waals surface area contributed by atoms with Crippen LogP contribution in [0.5, 0.6) is 5.75 Å². The van der Waals surface area contributed by atoms with Crippen molar-refractivity contribution in [2.75, 3.05) is 32.1 Å². The Morgan fingerprint density at radius 3 is 2.50 bits per heavy atom. The standard InChI is InChI=1S/C25H29N3O2/c1-4-23(29)28-16-13-21(14-17-28)30-20-10-7-18(8-11-20)22-12-9-19-6-5-15-26-24(19)25(22)27(2)3/h5-12,15,21H,4,13-14,16-17H2,1-3H3. The van der Waals surface area contributed by atoms with E-state index in [0.29, 0.717) is 6.42 Å². The minimum Gasteiger partial charge on any atom is -0.490 e. The molecule has 30 heavy (non-hydrogen) atoms. The Hall–Kier alpha value is -3.08. The molecule has 5 heteroatoms. The van der Waals surface area contributed by atoms with Crippen molar-refractivity contribution in [2.24, 2.45) is 0 Å². The Morgan fingerprint density at radius 2 is 1.83 bits per heavy atom. The van der Waals surface area contributed by atoms with Crippen LogP contribution in [0.25, 0.3) is 22.0 Å². The van der Waals surface area contributed by atoms with Gasteiger partial charge in [0.15, 0.2) is 0 Å². The summed E-state index contributed by atoms with van der Waals surface area (Å²) >= 11 is 0. The number of hydrogen-bond donors (Lipinski definition) is 0. The Kier molecular flexibility index (Phi) is 5.88. The number of rotatable bonds is 5. The summed E-state index contributed by atoms with van der Waals surface area (Å²) in [6, 6.07) is 16.7. The van der Waals surface area contributed by atoms with Crippen molar-refractivity contribution in [1.29, 1.82) is 0 Å². The highest BCUT2D eigenvalue weighted by Crippen LogP contribution is 2.36. The van der Waals surface area contributed by atoms with Crippen LogP contribution < -0.4 is 9.64 Å². The Labute approximate surface area is 178 Å². The molecule has 2 heterocycles. The van der Waals surface area contributed by atoms with Crippen molar-refractivity contribution in [3.8, 4) is 16.9 Å². The van der Waals surface area contributed by atoms with Gasteiger partial charge in [0.25, 0.3) is 0 Å². The van der Waals surface area contributed by atoms with Gasteiger partial charge in [-0.05, 0) is 23.8 Å². The Morgan fingerprint density at radius 1 is 1.10 bits per heavy atom. The molecular formula is C25H29N3O2. The van der Waals surface area contributed by atoms with E-state index in [1.807, 2.05) is 36.2 Å². The molecule has 1 aliphatic heterocycles. The predicted molar refractivity (Wildman–Crippen MR) is 122 cm³/mol. The molecule has 0 radical (unpaired) electrons. The van der Waals surface area contributed by atoms with Crippen LogP contribution in [0.1, 0.15) is 26.2 Å². The van der Waals surface area contributed by atoms with Crippen molar-refractivity contribution >= 4 is 22.5 Å². The number of likely N-dealkylation sites (tertiary alicyclic amines) is 1. The zero-order valence-corrected chi connectivity index (χ0v) is 18.0. The monoisotopic (exact) mass is 403 g/mol. The van der Waals surface area contributed by atoms with Gasteiger partial charge in [0, 0.05) is 63.6 Å². The molecule has 1 aromatic heterocycles. The first-order chi connectivity index (χ1) is 14.6. The van der Waals surface area contributed by atoms with Gasteiger partial charge in [-0.1, -0.05) is 37.3 Å². The number of fused-ring (bicyclic) bond motifs is 1. The third-order valence-electron chi connectivity index (χ3n) is 5.76. The summed E-state index contributed by atoms with van der Waals surface area (Å²) in [5.74, 6) is 1.11. The number of carbonyl (C=O) groups excluding carboxylic acids is 1. The molecule has 5 nitrogen and oxygen atoms in total. The van der Waals surface area contributed by atoms with E-state index in [4.69, 9.17) is 4.74 Å².